The normalized spacial score (nSPS) is 9.91. The molecule has 0 spiro atoms. The second-order valence-electron chi connectivity index (χ2n) is 4.56. The SMILES string of the molecule is CNCCCNC(=O)c1ccn(-c2ccc(OC)cc2)n1.Cl. The summed E-state index contributed by atoms with van der Waals surface area (Å²) in [5, 5.41) is 10.2. The van der Waals surface area contributed by atoms with E-state index >= 15 is 0 Å². The summed E-state index contributed by atoms with van der Waals surface area (Å²) in [6.45, 7) is 1.51. The van der Waals surface area contributed by atoms with Crippen LogP contribution in [0.4, 0.5) is 0 Å². The first-order valence-electron chi connectivity index (χ1n) is 6.87. The third kappa shape index (κ3) is 4.75. The van der Waals surface area contributed by atoms with Crippen molar-refractivity contribution in [1.82, 2.24) is 20.4 Å². The fourth-order valence-corrected chi connectivity index (χ4v) is 1.88. The van der Waals surface area contributed by atoms with Crippen LogP contribution in [-0.4, -0.2) is 42.9 Å². The zero-order chi connectivity index (χ0) is 15.1. The standard InChI is InChI=1S/C15H20N4O2.ClH/c1-16-9-3-10-17-15(20)14-8-11-19(18-14)12-4-6-13(21-2)7-5-12;/h4-8,11,16H,3,9-10H2,1-2H3,(H,17,20);1H. The Hall–Kier alpha value is -2.05. The van der Waals surface area contributed by atoms with Gasteiger partial charge in [-0.25, -0.2) is 4.68 Å². The number of halogens is 1. The molecule has 2 N–H and O–H groups in total. The fourth-order valence-electron chi connectivity index (χ4n) is 1.88. The van der Waals surface area contributed by atoms with Crippen LogP contribution in [0.25, 0.3) is 5.69 Å². The molecule has 22 heavy (non-hydrogen) atoms. The summed E-state index contributed by atoms with van der Waals surface area (Å²) in [6, 6.07) is 9.20. The van der Waals surface area contributed by atoms with Crippen molar-refractivity contribution in [3.63, 3.8) is 0 Å². The molecule has 1 amide bonds. The van der Waals surface area contributed by atoms with Crippen molar-refractivity contribution in [2.45, 2.75) is 6.42 Å². The molecule has 2 aromatic rings. The van der Waals surface area contributed by atoms with Crippen LogP contribution in [0.3, 0.4) is 0 Å². The highest BCUT2D eigenvalue weighted by atomic mass is 35.5. The molecule has 7 heteroatoms. The molecular weight excluding hydrogens is 304 g/mol. The minimum absolute atomic E-state index is 0. The van der Waals surface area contributed by atoms with Crippen LogP contribution in [-0.2, 0) is 0 Å². The first kappa shape index (κ1) is 18.0. The minimum atomic E-state index is -0.154. The molecule has 0 radical (unpaired) electrons. The highest BCUT2D eigenvalue weighted by Crippen LogP contribution is 2.14. The van der Waals surface area contributed by atoms with E-state index < -0.39 is 0 Å². The van der Waals surface area contributed by atoms with Crippen LogP contribution in [0.5, 0.6) is 5.75 Å². The zero-order valence-corrected chi connectivity index (χ0v) is 13.5. The summed E-state index contributed by atoms with van der Waals surface area (Å²) in [7, 11) is 3.51. The smallest absolute Gasteiger partial charge is 0.271 e. The molecule has 0 aliphatic rings. The van der Waals surface area contributed by atoms with E-state index in [0.717, 1.165) is 24.4 Å². The Balaban J connectivity index is 0.00000242. The largest absolute Gasteiger partial charge is 0.497 e. The van der Waals surface area contributed by atoms with Gasteiger partial charge in [-0.1, -0.05) is 0 Å². The summed E-state index contributed by atoms with van der Waals surface area (Å²) in [6.07, 6.45) is 2.66. The molecule has 0 fully saturated rings. The van der Waals surface area contributed by atoms with E-state index in [0.29, 0.717) is 12.2 Å². The molecule has 6 nitrogen and oxygen atoms in total. The molecular formula is C15H21ClN4O2. The molecule has 1 heterocycles. The van der Waals surface area contributed by atoms with Gasteiger partial charge in [0, 0.05) is 12.7 Å². The summed E-state index contributed by atoms with van der Waals surface area (Å²) in [5.41, 5.74) is 1.29. The molecule has 0 aliphatic carbocycles. The Labute approximate surface area is 136 Å². The van der Waals surface area contributed by atoms with Gasteiger partial charge in [-0.3, -0.25) is 4.79 Å². The number of carbonyl (C=O) groups excluding carboxylic acids is 1. The van der Waals surface area contributed by atoms with E-state index in [4.69, 9.17) is 4.74 Å². The number of nitrogens with one attached hydrogen (secondary N) is 2. The van der Waals surface area contributed by atoms with Crippen LogP contribution in [0.2, 0.25) is 0 Å². The van der Waals surface area contributed by atoms with Crippen LogP contribution in [0.1, 0.15) is 16.9 Å². The van der Waals surface area contributed by atoms with E-state index in [2.05, 4.69) is 15.7 Å². The monoisotopic (exact) mass is 324 g/mol. The third-order valence-electron chi connectivity index (χ3n) is 3.05. The highest BCUT2D eigenvalue weighted by molar-refractivity contribution is 5.92. The zero-order valence-electron chi connectivity index (χ0n) is 12.7. The quantitative estimate of drug-likeness (QED) is 0.760. The highest BCUT2D eigenvalue weighted by Gasteiger charge is 2.09. The van der Waals surface area contributed by atoms with E-state index in [-0.39, 0.29) is 18.3 Å². The van der Waals surface area contributed by atoms with E-state index in [1.165, 1.54) is 0 Å². The average molecular weight is 325 g/mol. The van der Waals surface area contributed by atoms with Gasteiger partial charge in [-0.15, -0.1) is 12.4 Å². The maximum Gasteiger partial charge on any atom is 0.271 e. The lowest BCUT2D eigenvalue weighted by Gasteiger charge is -2.04. The van der Waals surface area contributed by atoms with Gasteiger partial charge < -0.3 is 15.4 Å². The van der Waals surface area contributed by atoms with Crippen molar-refractivity contribution in [1.29, 1.82) is 0 Å². The number of rotatable bonds is 7. The van der Waals surface area contributed by atoms with Crippen LogP contribution in [0, 0.1) is 0 Å². The lowest BCUT2D eigenvalue weighted by Crippen LogP contribution is -2.27. The van der Waals surface area contributed by atoms with Crippen LogP contribution < -0.4 is 15.4 Å². The number of ether oxygens (including phenoxy) is 1. The van der Waals surface area contributed by atoms with Gasteiger partial charge >= 0.3 is 0 Å². The summed E-state index contributed by atoms with van der Waals surface area (Å²) < 4.78 is 6.78. The minimum Gasteiger partial charge on any atom is -0.497 e. The second kappa shape index (κ2) is 9.07. The molecule has 1 aromatic carbocycles. The molecule has 0 bridgehead atoms. The number of carbonyl (C=O) groups is 1. The van der Waals surface area contributed by atoms with E-state index in [9.17, 15) is 4.79 Å². The molecule has 1 aromatic heterocycles. The van der Waals surface area contributed by atoms with Crippen molar-refractivity contribution in [2.24, 2.45) is 0 Å². The van der Waals surface area contributed by atoms with Gasteiger partial charge in [0.2, 0.25) is 0 Å². The lowest BCUT2D eigenvalue weighted by atomic mass is 10.3. The molecule has 0 unspecified atom stereocenters. The van der Waals surface area contributed by atoms with Crippen molar-refractivity contribution < 1.29 is 9.53 Å². The van der Waals surface area contributed by atoms with Gasteiger partial charge in [0.05, 0.1) is 12.8 Å². The maximum absolute atomic E-state index is 11.9. The first-order valence-corrected chi connectivity index (χ1v) is 6.87. The molecule has 120 valence electrons. The predicted octanol–water partition coefficient (Wildman–Crippen LogP) is 1.64. The Morgan fingerprint density at radius 3 is 2.59 bits per heavy atom. The number of hydrogen-bond acceptors (Lipinski definition) is 4. The molecule has 0 saturated heterocycles. The van der Waals surface area contributed by atoms with E-state index in [1.54, 1.807) is 24.1 Å². The fraction of sp³-hybridized carbons (Fsp3) is 0.333. The van der Waals surface area contributed by atoms with Gasteiger partial charge in [0.15, 0.2) is 5.69 Å². The number of methoxy groups -OCH3 is 1. The number of amides is 1. The van der Waals surface area contributed by atoms with Gasteiger partial charge in [0.25, 0.3) is 5.91 Å². The number of aromatic nitrogens is 2. The van der Waals surface area contributed by atoms with Crippen molar-refractivity contribution in [3.8, 4) is 11.4 Å². The van der Waals surface area contributed by atoms with Crippen LogP contribution >= 0.6 is 12.4 Å². The molecule has 0 atom stereocenters. The Kier molecular flexibility index (Phi) is 7.42. The second-order valence-corrected chi connectivity index (χ2v) is 4.56. The first-order chi connectivity index (χ1) is 10.2. The summed E-state index contributed by atoms with van der Waals surface area (Å²) >= 11 is 0. The Morgan fingerprint density at radius 2 is 1.95 bits per heavy atom. The lowest BCUT2D eigenvalue weighted by molar-refractivity contribution is 0.0948. The third-order valence-corrected chi connectivity index (χ3v) is 3.05. The molecule has 0 aliphatic heterocycles. The molecule has 0 saturated carbocycles. The van der Waals surface area contributed by atoms with Crippen molar-refractivity contribution >= 4 is 18.3 Å². The van der Waals surface area contributed by atoms with Gasteiger partial charge in [-0.2, -0.15) is 5.10 Å². The number of nitrogens with zero attached hydrogens (tertiary/aromatic N) is 2. The van der Waals surface area contributed by atoms with Crippen molar-refractivity contribution in [3.05, 3.63) is 42.2 Å². The summed E-state index contributed by atoms with van der Waals surface area (Å²) in [5.74, 6) is 0.631. The average Bonchev–Trinajstić information content (AvgIpc) is 3.01. The number of hydrogen-bond donors (Lipinski definition) is 2. The molecule has 2 rings (SSSR count). The topological polar surface area (TPSA) is 68.2 Å². The van der Waals surface area contributed by atoms with E-state index in [1.807, 2.05) is 31.3 Å². The predicted molar refractivity (Wildman–Crippen MR) is 88.2 cm³/mol. The van der Waals surface area contributed by atoms with Crippen LogP contribution in [0.15, 0.2) is 36.5 Å². The Morgan fingerprint density at radius 1 is 1.23 bits per heavy atom. The maximum atomic E-state index is 11.9. The van der Waals surface area contributed by atoms with Crippen molar-refractivity contribution in [2.75, 3.05) is 27.2 Å². The Bertz CT molecular complexity index is 583. The van der Waals surface area contributed by atoms with Gasteiger partial charge in [-0.05, 0) is 50.3 Å². The van der Waals surface area contributed by atoms with Gasteiger partial charge in [0.1, 0.15) is 5.75 Å². The summed E-state index contributed by atoms with van der Waals surface area (Å²) in [4.78, 5) is 11.9. The number of benzene rings is 1.